The molecule has 22 heteroatoms. The summed E-state index contributed by atoms with van der Waals surface area (Å²) < 4.78 is 14.0. The molecule has 0 atom stereocenters. The average molecular weight is 1520 g/mol. The van der Waals surface area contributed by atoms with Crippen LogP contribution in [0.1, 0.15) is 99.5 Å². The van der Waals surface area contributed by atoms with Gasteiger partial charge in [0.25, 0.3) is 0 Å². The molecule has 3 fully saturated rings. The van der Waals surface area contributed by atoms with Gasteiger partial charge < -0.3 is 10.6 Å². The van der Waals surface area contributed by atoms with Crippen LogP contribution in [0.3, 0.4) is 0 Å². The monoisotopic (exact) mass is 1520 g/mol. The van der Waals surface area contributed by atoms with Gasteiger partial charge >= 0.3 is 533 Å². The van der Waals surface area contributed by atoms with Gasteiger partial charge in [0.15, 0.2) is 5.11 Å². The maximum atomic E-state index is 12.9. The van der Waals surface area contributed by atoms with Crippen molar-refractivity contribution in [1.82, 2.24) is 44.8 Å². The molecule has 4 N–H and O–H groups in total. The second kappa shape index (κ2) is 23.1. The molecule has 0 unspecified atom stereocenters. The molecule has 476 valence electrons. The van der Waals surface area contributed by atoms with Gasteiger partial charge in [-0.1, -0.05) is 0 Å². The number of benzene rings is 6. The van der Waals surface area contributed by atoms with Gasteiger partial charge in [0.2, 0.25) is 11.8 Å². The third-order valence-corrected chi connectivity index (χ3v) is 26.7. The summed E-state index contributed by atoms with van der Waals surface area (Å²) in [7, 11) is 3.22. The first kappa shape index (κ1) is 63.0. The summed E-state index contributed by atoms with van der Waals surface area (Å²) in [4.78, 5) is 85.4. The van der Waals surface area contributed by atoms with Gasteiger partial charge in [0.05, 0.1) is 0 Å². The van der Waals surface area contributed by atoms with Crippen molar-refractivity contribution < 1.29 is 33.6 Å². The predicted octanol–water partition coefficient (Wildman–Crippen LogP) is 10.7. The number of nitrogens with zero attached hydrogens (tertiary/aromatic N) is 5. The van der Waals surface area contributed by atoms with Crippen LogP contribution in [-0.2, 0) is 45.0 Å². The number of rotatable bonds is 3. The van der Waals surface area contributed by atoms with Gasteiger partial charge in [-0.25, -0.2) is 0 Å². The number of hydrogen-bond acceptors (Lipinski definition) is 10. The standard InChI is InChI=1S/C26H21N3O2SSe.C24H17N3O2SSe.C20H15NOSe.C4H4N2O2S/c1-26(2)18-10-7-9-16-15-8-5-6-11-20(15)29(21(16)18)24-19(26)13-14(33-24)12-17-22(30)27(3)25(32)28(4)23(17)31;1-24(2)16-8-5-7-14-13-6-3-4-9-18(13)27(19(14)16)22-17(24)11-12(31-22)10-15-20(28)25-23(30)26-21(15)29;1-20(2)15-8-5-7-14-13-6-3-4-9-17(13)21(18(14)15)19-16(20)10-12(11-22)23-19;7-2-1-3(8)6-4(9)5-2/h5-13H,1-4H3;3-11H,1-2H3,(H2,25,26,28,29,30);3-11H,1-2H3;1H2,(H2,5,6,7,8,9). The van der Waals surface area contributed by atoms with Crippen LogP contribution in [-0.4, -0.2) is 138 Å². The van der Waals surface area contributed by atoms with E-state index >= 15 is 0 Å². The van der Waals surface area contributed by atoms with Crippen molar-refractivity contribution >= 4 is 215 Å². The van der Waals surface area contributed by atoms with Gasteiger partial charge in [-0.15, -0.1) is 0 Å². The van der Waals surface area contributed by atoms with E-state index in [-0.39, 0.29) is 116 Å². The maximum Gasteiger partial charge on any atom is 0.235 e. The molecule has 0 aliphatic carbocycles. The molecule has 96 heavy (non-hydrogen) atoms. The fourth-order valence-electron chi connectivity index (χ4n) is 14.3. The Labute approximate surface area is 583 Å². The third-order valence-electron chi connectivity index (χ3n) is 19.0. The molecule has 0 spiro atoms. The SMILES string of the molecule is CC1(C)c2cc(C=C3C(=O)NC(=S)NC3=O)[se]c2-n2c3ccccc3c3cccc1c32.CC1(C)c2cc(C=O)[se]c2-n2c3ccccc3c3cccc1c32.CN1C(=O)C(=Cc2cc3c([se]2)-n2c4ccccc4c4cccc(c42)C3(C)C)C(=O)N(C)C1=S.O=C1CC(=O)NC(=S)N1. The minimum Gasteiger partial charge on any atom is -0.302 e. The van der Waals surface area contributed by atoms with Crippen LogP contribution >= 0.6 is 36.7 Å². The zero-order valence-electron chi connectivity index (χ0n) is 52.8. The molecular formula is C74H57N9O7S3Se3. The minimum atomic E-state index is -0.452. The number of aldehydes is 1. The first-order valence-electron chi connectivity index (χ1n) is 30.7. The molecule has 6 aliphatic heterocycles. The first-order valence-corrected chi connectivity index (χ1v) is 37.1. The predicted molar refractivity (Wildman–Crippen MR) is 391 cm³/mol. The van der Waals surface area contributed by atoms with Crippen LogP contribution in [0.4, 0.5) is 0 Å². The number of carbonyl (C=O) groups is 7. The van der Waals surface area contributed by atoms with Crippen molar-refractivity contribution in [3.8, 4) is 13.7 Å². The molecular weight excluding hydrogens is 1460 g/mol. The normalized spacial score (nSPS) is 16.8. The van der Waals surface area contributed by atoms with Gasteiger partial charge in [-0.05, 0) is 12.2 Å². The molecule has 0 radical (unpaired) electrons. The molecule has 3 saturated heterocycles. The zero-order chi connectivity index (χ0) is 67.3. The van der Waals surface area contributed by atoms with E-state index in [4.69, 9.17) is 24.4 Å². The molecule has 6 aromatic heterocycles. The minimum absolute atomic E-state index is 0.0493. The fraction of sp³-hybridized carbons (Fsp3) is 0.162. The summed E-state index contributed by atoms with van der Waals surface area (Å²) in [6.45, 7) is 13.6. The summed E-state index contributed by atoms with van der Waals surface area (Å²) in [5.41, 5.74) is 15.1. The van der Waals surface area contributed by atoms with E-state index in [2.05, 4.69) is 234 Å². The topological polar surface area (TPSA) is 189 Å². The summed E-state index contributed by atoms with van der Waals surface area (Å²) in [5.74, 6) is -2.28. The van der Waals surface area contributed by atoms with Crippen LogP contribution in [0.5, 0.6) is 0 Å². The van der Waals surface area contributed by atoms with Gasteiger partial charge in [0, 0.05) is 0 Å². The summed E-state index contributed by atoms with van der Waals surface area (Å²) >= 11 is 14.6. The Morgan fingerprint density at radius 3 is 1.09 bits per heavy atom. The largest absolute Gasteiger partial charge is 0.302 e. The molecule has 12 heterocycles. The van der Waals surface area contributed by atoms with E-state index in [9.17, 15) is 33.6 Å². The maximum absolute atomic E-state index is 12.9. The molecule has 0 bridgehead atoms. The number of hydrogen-bond donors (Lipinski definition) is 4. The van der Waals surface area contributed by atoms with Crippen molar-refractivity contribution in [2.45, 2.75) is 64.2 Å². The number of carbonyl (C=O) groups excluding carboxylic acids is 7. The number of thiocarbonyl (C=S) groups is 3. The van der Waals surface area contributed by atoms with Crippen LogP contribution in [0, 0.1) is 0 Å². The molecule has 6 amide bonds. The number of likely N-dealkylation sites (N-methyl/N-ethyl adjacent to an activating group) is 2. The Morgan fingerprint density at radius 2 is 0.729 bits per heavy atom. The van der Waals surface area contributed by atoms with Crippen molar-refractivity contribution in [2.24, 2.45) is 0 Å². The number of fused-ring (bicyclic) bond motifs is 15. The van der Waals surface area contributed by atoms with Crippen molar-refractivity contribution in [1.29, 1.82) is 0 Å². The summed E-state index contributed by atoms with van der Waals surface area (Å²) in [6, 6.07) is 51.8. The zero-order valence-corrected chi connectivity index (χ0v) is 60.4. The number of nitrogens with one attached hydrogen (secondary N) is 4. The van der Waals surface area contributed by atoms with E-state index in [0.717, 1.165) is 19.6 Å². The van der Waals surface area contributed by atoms with E-state index < -0.39 is 11.8 Å². The van der Waals surface area contributed by atoms with Crippen molar-refractivity contribution in [3.63, 3.8) is 0 Å². The molecule has 6 aromatic carbocycles. The fourth-order valence-corrected chi connectivity index (χ4v) is 22.6. The third kappa shape index (κ3) is 9.74. The summed E-state index contributed by atoms with van der Waals surface area (Å²) in [5, 5.41) is 17.6. The van der Waals surface area contributed by atoms with Gasteiger partial charge in [-0.2, -0.15) is 0 Å². The number of para-hydroxylation sites is 6. The van der Waals surface area contributed by atoms with Gasteiger partial charge in [0.1, 0.15) is 6.42 Å². The smallest absolute Gasteiger partial charge is 0.235 e. The molecule has 12 aromatic rings. The molecule has 0 saturated carbocycles. The van der Waals surface area contributed by atoms with Crippen LogP contribution in [0.15, 0.2) is 157 Å². The first-order chi connectivity index (χ1) is 45.9. The Morgan fingerprint density at radius 1 is 0.406 bits per heavy atom. The van der Waals surface area contributed by atoms with Crippen molar-refractivity contribution in [2.75, 3.05) is 14.1 Å². The Bertz CT molecular complexity index is 5580. The molecule has 18 rings (SSSR count). The number of aromatic nitrogens is 3. The molecule has 6 aliphatic rings. The Hall–Kier alpha value is -9.04. The van der Waals surface area contributed by atoms with Crippen LogP contribution < -0.4 is 21.3 Å². The van der Waals surface area contributed by atoms with Crippen LogP contribution in [0.2, 0.25) is 0 Å². The van der Waals surface area contributed by atoms with E-state index in [0.29, 0.717) is 0 Å². The van der Waals surface area contributed by atoms with E-state index in [1.807, 2.05) is 0 Å². The van der Waals surface area contributed by atoms with Gasteiger partial charge in [-0.3, -0.25) is 9.59 Å². The second-order valence-corrected chi connectivity index (χ2v) is 33.6. The summed E-state index contributed by atoms with van der Waals surface area (Å²) in [6.07, 6.45) is 4.40. The van der Waals surface area contributed by atoms with E-state index in [1.54, 1.807) is 26.2 Å². The quantitative estimate of drug-likeness (QED) is 0.0331. The molecule has 16 nitrogen and oxygen atoms in total. The van der Waals surface area contributed by atoms with Crippen molar-refractivity contribution in [3.05, 3.63) is 203 Å². The Balaban J connectivity index is 0.000000112. The Kier molecular flexibility index (Phi) is 15.2. The number of amides is 6. The van der Waals surface area contributed by atoms with Crippen LogP contribution in [0.25, 0.3) is 91.3 Å². The van der Waals surface area contributed by atoms with E-state index in [1.165, 1.54) is 122 Å². The second-order valence-electron chi connectivity index (χ2n) is 25.7. The average Bonchev–Trinajstić information content (AvgIpc) is 1.54.